The molecule has 1 aliphatic carbocycles. The van der Waals surface area contributed by atoms with Gasteiger partial charge in [0, 0.05) is 6.42 Å². The third-order valence-corrected chi connectivity index (χ3v) is 3.81. The van der Waals surface area contributed by atoms with Crippen molar-refractivity contribution in [2.75, 3.05) is 25.6 Å². The molecular formula is C10H19NO4S. The Bertz CT molecular complexity index is 243. The molecule has 0 heterocycles. The molecule has 5 nitrogen and oxygen atoms in total. The second-order valence-corrected chi connectivity index (χ2v) is 4.95. The van der Waals surface area contributed by atoms with Crippen molar-refractivity contribution in [3.8, 4) is 0 Å². The van der Waals surface area contributed by atoms with E-state index in [0.717, 1.165) is 12.8 Å². The molecule has 0 spiro atoms. The first-order chi connectivity index (χ1) is 7.55. The molecule has 1 saturated carbocycles. The Balaban J connectivity index is 2.49. The van der Waals surface area contributed by atoms with Crippen LogP contribution in [-0.4, -0.2) is 52.3 Å². The van der Waals surface area contributed by atoms with Gasteiger partial charge < -0.3 is 20.6 Å². The number of hydrogen-bond donors (Lipinski definition) is 5. The fraction of sp³-hybridized carbons (Fsp3) is 0.900. The molecule has 16 heavy (non-hydrogen) atoms. The van der Waals surface area contributed by atoms with Crippen LogP contribution in [0.15, 0.2) is 0 Å². The van der Waals surface area contributed by atoms with E-state index in [4.69, 9.17) is 15.3 Å². The smallest absolute Gasteiger partial charge is 0.221 e. The standard InChI is InChI=1S/C10H19NO4S/c12-4-10(5-13,6-14)11-8(15)3-9(7-16)1-2-9/h12-14,16H,1-7H2,(H,11,15). The maximum Gasteiger partial charge on any atom is 0.221 e. The molecule has 6 heteroatoms. The van der Waals surface area contributed by atoms with Crippen LogP contribution in [-0.2, 0) is 4.79 Å². The number of aliphatic hydroxyl groups is 3. The van der Waals surface area contributed by atoms with E-state index in [9.17, 15) is 4.79 Å². The van der Waals surface area contributed by atoms with Gasteiger partial charge in [-0.2, -0.15) is 12.6 Å². The lowest BCUT2D eigenvalue weighted by Gasteiger charge is -2.29. The van der Waals surface area contributed by atoms with Crippen LogP contribution in [0.25, 0.3) is 0 Å². The summed E-state index contributed by atoms with van der Waals surface area (Å²) in [5.74, 6) is 0.397. The minimum atomic E-state index is -1.32. The van der Waals surface area contributed by atoms with E-state index >= 15 is 0 Å². The topological polar surface area (TPSA) is 89.8 Å². The summed E-state index contributed by atoms with van der Waals surface area (Å²) < 4.78 is 0. The lowest BCUT2D eigenvalue weighted by Crippen LogP contribution is -2.57. The molecule has 1 amide bonds. The number of hydrogen-bond acceptors (Lipinski definition) is 5. The molecule has 0 aromatic carbocycles. The summed E-state index contributed by atoms with van der Waals surface area (Å²) in [7, 11) is 0. The fourth-order valence-electron chi connectivity index (χ4n) is 1.52. The molecular weight excluding hydrogens is 230 g/mol. The maximum absolute atomic E-state index is 11.7. The molecule has 0 atom stereocenters. The van der Waals surface area contributed by atoms with E-state index in [-0.39, 0.29) is 11.3 Å². The van der Waals surface area contributed by atoms with E-state index in [0.29, 0.717) is 12.2 Å². The highest BCUT2D eigenvalue weighted by molar-refractivity contribution is 7.80. The van der Waals surface area contributed by atoms with Crippen molar-refractivity contribution in [2.24, 2.45) is 5.41 Å². The molecule has 0 aromatic heterocycles. The number of carbonyl (C=O) groups excluding carboxylic acids is 1. The van der Waals surface area contributed by atoms with Gasteiger partial charge in [-0.3, -0.25) is 4.79 Å². The zero-order valence-corrected chi connectivity index (χ0v) is 10.0. The van der Waals surface area contributed by atoms with Gasteiger partial charge in [-0.1, -0.05) is 0 Å². The van der Waals surface area contributed by atoms with Gasteiger partial charge >= 0.3 is 0 Å². The maximum atomic E-state index is 11.7. The van der Waals surface area contributed by atoms with E-state index < -0.39 is 25.4 Å². The zero-order chi connectivity index (χ0) is 12.2. The van der Waals surface area contributed by atoms with Crippen LogP contribution in [0.4, 0.5) is 0 Å². The first-order valence-electron chi connectivity index (χ1n) is 5.30. The molecule has 0 saturated heterocycles. The van der Waals surface area contributed by atoms with Gasteiger partial charge in [0.15, 0.2) is 0 Å². The Morgan fingerprint density at radius 2 is 1.75 bits per heavy atom. The van der Waals surface area contributed by atoms with Crippen LogP contribution >= 0.6 is 12.6 Å². The third kappa shape index (κ3) is 3.10. The average molecular weight is 249 g/mol. The molecule has 0 aromatic rings. The molecule has 1 aliphatic rings. The predicted octanol–water partition coefficient (Wildman–Crippen LogP) is -1.08. The van der Waals surface area contributed by atoms with Crippen molar-refractivity contribution < 1.29 is 20.1 Å². The minimum Gasteiger partial charge on any atom is -0.394 e. The van der Waals surface area contributed by atoms with Crippen LogP contribution < -0.4 is 5.32 Å². The van der Waals surface area contributed by atoms with Gasteiger partial charge in [-0.15, -0.1) is 0 Å². The summed E-state index contributed by atoms with van der Waals surface area (Å²) in [4.78, 5) is 11.7. The number of thiol groups is 1. The SMILES string of the molecule is O=C(CC1(CS)CC1)NC(CO)(CO)CO. The molecule has 0 unspecified atom stereocenters. The van der Waals surface area contributed by atoms with E-state index in [1.54, 1.807) is 0 Å². The summed E-state index contributed by atoms with van der Waals surface area (Å²) in [5.41, 5.74) is -1.33. The summed E-state index contributed by atoms with van der Waals surface area (Å²) in [6, 6.07) is 0. The lowest BCUT2D eigenvalue weighted by atomic mass is 10.0. The zero-order valence-electron chi connectivity index (χ0n) is 9.15. The van der Waals surface area contributed by atoms with Crippen molar-refractivity contribution in [2.45, 2.75) is 24.8 Å². The molecule has 94 valence electrons. The summed E-state index contributed by atoms with van der Waals surface area (Å²) >= 11 is 4.19. The Morgan fingerprint density at radius 1 is 1.25 bits per heavy atom. The van der Waals surface area contributed by atoms with E-state index in [2.05, 4.69) is 17.9 Å². The van der Waals surface area contributed by atoms with Gasteiger partial charge in [0.2, 0.25) is 5.91 Å². The number of amides is 1. The molecule has 4 N–H and O–H groups in total. The Hall–Kier alpha value is -0.300. The van der Waals surface area contributed by atoms with Crippen molar-refractivity contribution in [1.29, 1.82) is 0 Å². The first-order valence-corrected chi connectivity index (χ1v) is 5.93. The van der Waals surface area contributed by atoms with Crippen molar-refractivity contribution in [1.82, 2.24) is 5.32 Å². The summed E-state index contributed by atoms with van der Waals surface area (Å²) in [5, 5.41) is 29.6. The lowest BCUT2D eigenvalue weighted by molar-refractivity contribution is -0.126. The van der Waals surface area contributed by atoms with Gasteiger partial charge in [0.1, 0.15) is 5.54 Å². The van der Waals surface area contributed by atoms with Gasteiger partial charge in [0.05, 0.1) is 19.8 Å². The number of nitrogens with one attached hydrogen (secondary N) is 1. The van der Waals surface area contributed by atoms with Crippen LogP contribution in [0.2, 0.25) is 0 Å². The molecule has 1 rings (SSSR count). The highest BCUT2D eigenvalue weighted by Gasteiger charge is 2.44. The van der Waals surface area contributed by atoms with E-state index in [1.807, 2.05) is 0 Å². The second kappa shape index (κ2) is 5.35. The quantitative estimate of drug-likeness (QED) is 0.371. The van der Waals surface area contributed by atoms with Gasteiger partial charge in [-0.25, -0.2) is 0 Å². The molecule has 1 fully saturated rings. The third-order valence-electron chi connectivity index (χ3n) is 3.14. The van der Waals surface area contributed by atoms with Crippen molar-refractivity contribution >= 4 is 18.5 Å². The van der Waals surface area contributed by atoms with Gasteiger partial charge in [0.25, 0.3) is 0 Å². The minimum absolute atomic E-state index is 0.0146. The highest BCUT2D eigenvalue weighted by Crippen LogP contribution is 2.49. The molecule has 0 bridgehead atoms. The van der Waals surface area contributed by atoms with Crippen molar-refractivity contribution in [3.63, 3.8) is 0 Å². The largest absolute Gasteiger partial charge is 0.394 e. The Labute approximate surface area is 100 Å². The van der Waals surface area contributed by atoms with Crippen LogP contribution in [0.3, 0.4) is 0 Å². The van der Waals surface area contributed by atoms with Crippen molar-refractivity contribution in [3.05, 3.63) is 0 Å². The number of aliphatic hydroxyl groups excluding tert-OH is 3. The van der Waals surface area contributed by atoms with Crippen LogP contribution in [0.1, 0.15) is 19.3 Å². The highest BCUT2D eigenvalue weighted by atomic mass is 32.1. The molecule has 0 aliphatic heterocycles. The van der Waals surface area contributed by atoms with Crippen LogP contribution in [0.5, 0.6) is 0 Å². The second-order valence-electron chi connectivity index (χ2n) is 4.64. The Morgan fingerprint density at radius 3 is 2.06 bits per heavy atom. The van der Waals surface area contributed by atoms with E-state index in [1.165, 1.54) is 0 Å². The first kappa shape index (κ1) is 13.8. The predicted molar refractivity (Wildman–Crippen MR) is 62.3 cm³/mol. The van der Waals surface area contributed by atoms with Crippen LogP contribution in [0, 0.1) is 5.41 Å². The van der Waals surface area contributed by atoms with Gasteiger partial charge in [-0.05, 0) is 24.0 Å². The normalized spacial score (nSPS) is 18.2. The summed E-state index contributed by atoms with van der Waals surface area (Å²) in [6.45, 7) is -1.46. The summed E-state index contributed by atoms with van der Waals surface area (Å²) in [6.07, 6.45) is 2.29. The Kier molecular flexibility index (Phi) is 4.61. The number of rotatable bonds is 7. The monoisotopic (exact) mass is 249 g/mol. The number of carbonyl (C=O) groups is 1. The fourth-order valence-corrected chi connectivity index (χ4v) is 1.94. The average Bonchev–Trinajstić information content (AvgIpc) is 3.06. The molecule has 0 radical (unpaired) electrons.